The standard InChI is InChI=1S/C8H8FNO/c1-2-5-3-8(11)6(9)4-7(5)10/h2-4,11H,1,10H2. The Labute approximate surface area is 63.8 Å². The zero-order valence-electron chi connectivity index (χ0n) is 5.84. The Morgan fingerprint density at radius 2 is 2.18 bits per heavy atom. The summed E-state index contributed by atoms with van der Waals surface area (Å²) in [4.78, 5) is 0. The van der Waals surface area contributed by atoms with Crippen molar-refractivity contribution in [1.82, 2.24) is 0 Å². The summed E-state index contributed by atoms with van der Waals surface area (Å²) in [5, 5.41) is 8.88. The lowest BCUT2D eigenvalue weighted by Gasteiger charge is -2.01. The van der Waals surface area contributed by atoms with Crippen molar-refractivity contribution in [2.75, 3.05) is 5.73 Å². The number of phenolic OH excluding ortho intramolecular Hbond substituents is 1. The summed E-state index contributed by atoms with van der Waals surface area (Å²) in [6, 6.07) is 2.30. The largest absolute Gasteiger partial charge is 0.505 e. The van der Waals surface area contributed by atoms with Crippen LogP contribution >= 0.6 is 0 Å². The van der Waals surface area contributed by atoms with E-state index in [0.29, 0.717) is 5.56 Å². The van der Waals surface area contributed by atoms with Crippen LogP contribution in [0.25, 0.3) is 6.08 Å². The minimum Gasteiger partial charge on any atom is -0.505 e. The van der Waals surface area contributed by atoms with Crippen LogP contribution in [0.1, 0.15) is 5.56 Å². The van der Waals surface area contributed by atoms with E-state index >= 15 is 0 Å². The molecule has 0 bridgehead atoms. The second kappa shape index (κ2) is 2.62. The maximum atomic E-state index is 12.5. The monoisotopic (exact) mass is 153 g/mol. The summed E-state index contributed by atoms with van der Waals surface area (Å²) in [6.07, 6.45) is 1.45. The summed E-state index contributed by atoms with van der Waals surface area (Å²) in [7, 11) is 0. The molecule has 0 radical (unpaired) electrons. The van der Waals surface area contributed by atoms with E-state index in [0.717, 1.165) is 6.07 Å². The van der Waals surface area contributed by atoms with E-state index in [-0.39, 0.29) is 5.69 Å². The molecule has 0 heterocycles. The van der Waals surface area contributed by atoms with Gasteiger partial charge >= 0.3 is 0 Å². The first-order valence-electron chi connectivity index (χ1n) is 3.05. The van der Waals surface area contributed by atoms with Gasteiger partial charge in [0.1, 0.15) is 0 Å². The van der Waals surface area contributed by atoms with Crippen molar-refractivity contribution in [2.45, 2.75) is 0 Å². The zero-order valence-corrected chi connectivity index (χ0v) is 5.84. The van der Waals surface area contributed by atoms with Gasteiger partial charge in [-0.15, -0.1) is 0 Å². The minimum absolute atomic E-state index is 0.273. The highest BCUT2D eigenvalue weighted by molar-refractivity contribution is 5.65. The number of hydrogen-bond acceptors (Lipinski definition) is 2. The smallest absolute Gasteiger partial charge is 0.166 e. The summed E-state index contributed by atoms with van der Waals surface area (Å²) < 4.78 is 12.5. The van der Waals surface area contributed by atoms with Gasteiger partial charge < -0.3 is 10.8 Å². The number of nitrogen functional groups attached to an aromatic ring is 1. The van der Waals surface area contributed by atoms with Crippen LogP contribution in [0.2, 0.25) is 0 Å². The highest BCUT2D eigenvalue weighted by Gasteiger charge is 2.03. The fourth-order valence-corrected chi connectivity index (χ4v) is 0.770. The van der Waals surface area contributed by atoms with Gasteiger partial charge in [-0.3, -0.25) is 0 Å². The fraction of sp³-hybridized carbons (Fsp3) is 0. The molecule has 0 aliphatic rings. The van der Waals surface area contributed by atoms with Crippen LogP contribution < -0.4 is 5.73 Å². The second-order valence-corrected chi connectivity index (χ2v) is 2.14. The van der Waals surface area contributed by atoms with Gasteiger partial charge in [-0.05, 0) is 6.07 Å². The molecule has 1 aromatic carbocycles. The van der Waals surface area contributed by atoms with Crippen LogP contribution in [-0.4, -0.2) is 5.11 Å². The molecule has 3 heteroatoms. The number of nitrogens with two attached hydrogens (primary N) is 1. The molecule has 2 nitrogen and oxygen atoms in total. The maximum Gasteiger partial charge on any atom is 0.166 e. The molecule has 0 spiro atoms. The number of rotatable bonds is 1. The van der Waals surface area contributed by atoms with Crippen molar-refractivity contribution in [1.29, 1.82) is 0 Å². The molecule has 3 N–H and O–H groups in total. The third kappa shape index (κ3) is 1.32. The quantitative estimate of drug-likeness (QED) is 0.477. The highest BCUT2D eigenvalue weighted by Crippen LogP contribution is 2.23. The van der Waals surface area contributed by atoms with Crippen molar-refractivity contribution >= 4 is 11.8 Å². The number of aromatic hydroxyl groups is 1. The molecule has 1 aromatic rings. The van der Waals surface area contributed by atoms with Crippen LogP contribution in [0, 0.1) is 5.82 Å². The van der Waals surface area contributed by atoms with Crippen molar-refractivity contribution in [3.63, 3.8) is 0 Å². The van der Waals surface area contributed by atoms with Gasteiger partial charge in [-0.25, -0.2) is 4.39 Å². The Bertz CT molecular complexity index is 296. The minimum atomic E-state index is -0.715. The van der Waals surface area contributed by atoms with E-state index in [9.17, 15) is 4.39 Å². The van der Waals surface area contributed by atoms with Crippen molar-refractivity contribution in [2.24, 2.45) is 0 Å². The maximum absolute atomic E-state index is 12.5. The van der Waals surface area contributed by atoms with E-state index in [1.54, 1.807) is 0 Å². The number of benzene rings is 1. The fourth-order valence-electron chi connectivity index (χ4n) is 0.770. The van der Waals surface area contributed by atoms with Crippen molar-refractivity contribution < 1.29 is 9.50 Å². The van der Waals surface area contributed by atoms with Crippen LogP contribution in [0.15, 0.2) is 18.7 Å². The van der Waals surface area contributed by atoms with Gasteiger partial charge in [0.25, 0.3) is 0 Å². The first-order valence-corrected chi connectivity index (χ1v) is 3.05. The van der Waals surface area contributed by atoms with E-state index in [2.05, 4.69) is 6.58 Å². The molecule has 0 aromatic heterocycles. The highest BCUT2D eigenvalue weighted by atomic mass is 19.1. The van der Waals surface area contributed by atoms with E-state index < -0.39 is 11.6 Å². The third-order valence-corrected chi connectivity index (χ3v) is 1.37. The van der Waals surface area contributed by atoms with Gasteiger partial charge in [0.2, 0.25) is 0 Å². The molecule has 0 amide bonds. The van der Waals surface area contributed by atoms with Crippen molar-refractivity contribution in [3.05, 3.63) is 30.1 Å². The van der Waals surface area contributed by atoms with E-state index in [1.807, 2.05) is 0 Å². The Balaban J connectivity index is 3.31. The molecule has 0 aliphatic carbocycles. The number of hydrogen-bond donors (Lipinski definition) is 2. The molecule has 58 valence electrons. The number of anilines is 1. The van der Waals surface area contributed by atoms with Gasteiger partial charge in [0.05, 0.1) is 0 Å². The Morgan fingerprint density at radius 3 is 2.73 bits per heavy atom. The predicted molar refractivity (Wildman–Crippen MR) is 42.6 cm³/mol. The Morgan fingerprint density at radius 1 is 1.55 bits per heavy atom. The van der Waals surface area contributed by atoms with E-state index in [4.69, 9.17) is 10.8 Å². The summed E-state index contributed by atoms with van der Waals surface area (Å²) in [5.74, 6) is -1.12. The molecule has 0 unspecified atom stereocenters. The zero-order chi connectivity index (χ0) is 8.43. The number of halogens is 1. The Hall–Kier alpha value is -1.51. The first-order chi connectivity index (χ1) is 5.15. The lowest BCUT2D eigenvalue weighted by atomic mass is 10.1. The van der Waals surface area contributed by atoms with Gasteiger partial charge in [-0.1, -0.05) is 12.7 Å². The van der Waals surface area contributed by atoms with Gasteiger partial charge in [0.15, 0.2) is 11.6 Å². The average molecular weight is 153 g/mol. The summed E-state index contributed by atoms with van der Waals surface area (Å²) in [6.45, 7) is 3.45. The molecular formula is C8H8FNO. The van der Waals surface area contributed by atoms with E-state index in [1.165, 1.54) is 12.1 Å². The van der Waals surface area contributed by atoms with Crippen LogP contribution in [0.3, 0.4) is 0 Å². The summed E-state index contributed by atoms with van der Waals surface area (Å²) >= 11 is 0. The van der Waals surface area contributed by atoms with Gasteiger partial charge in [-0.2, -0.15) is 0 Å². The molecule has 0 atom stereocenters. The average Bonchev–Trinajstić information content (AvgIpc) is 1.97. The SMILES string of the molecule is C=Cc1cc(O)c(F)cc1N. The molecule has 0 saturated heterocycles. The molecular weight excluding hydrogens is 145 g/mol. The Kier molecular flexibility index (Phi) is 1.81. The molecule has 0 aliphatic heterocycles. The third-order valence-electron chi connectivity index (χ3n) is 1.37. The van der Waals surface area contributed by atoms with Crippen LogP contribution in [0.4, 0.5) is 10.1 Å². The predicted octanol–water partition coefficient (Wildman–Crippen LogP) is 1.76. The topological polar surface area (TPSA) is 46.2 Å². The molecule has 11 heavy (non-hydrogen) atoms. The first kappa shape index (κ1) is 7.60. The molecule has 0 saturated carbocycles. The number of phenols is 1. The van der Waals surface area contributed by atoms with Gasteiger partial charge in [0, 0.05) is 17.3 Å². The van der Waals surface area contributed by atoms with Crippen LogP contribution in [-0.2, 0) is 0 Å². The molecule has 1 rings (SSSR count). The van der Waals surface area contributed by atoms with Crippen LogP contribution in [0.5, 0.6) is 5.75 Å². The molecule has 0 fully saturated rings. The summed E-state index contributed by atoms with van der Waals surface area (Å²) in [5.41, 5.74) is 6.18. The lowest BCUT2D eigenvalue weighted by molar-refractivity contribution is 0.432. The normalized spacial score (nSPS) is 9.55. The van der Waals surface area contributed by atoms with Crippen molar-refractivity contribution in [3.8, 4) is 5.75 Å². The lowest BCUT2D eigenvalue weighted by Crippen LogP contribution is -1.90. The second-order valence-electron chi connectivity index (χ2n) is 2.14.